The number of rotatable bonds is 10. The zero-order valence-electron chi connectivity index (χ0n) is 15.7. The van der Waals surface area contributed by atoms with Gasteiger partial charge in [0.05, 0.1) is 6.04 Å². The topological polar surface area (TPSA) is 78.7 Å². The second-order valence-corrected chi connectivity index (χ2v) is 6.67. The second-order valence-electron chi connectivity index (χ2n) is 6.67. The molecule has 1 aliphatic heterocycles. The molecule has 1 unspecified atom stereocenters. The molecule has 0 bridgehead atoms. The normalized spacial score (nSPS) is 17.1. The minimum absolute atomic E-state index is 0.0323. The molecule has 1 aliphatic rings. The van der Waals surface area contributed by atoms with E-state index in [1.165, 1.54) is 0 Å². The van der Waals surface area contributed by atoms with E-state index >= 15 is 0 Å². The molecule has 1 saturated heterocycles. The maximum atomic E-state index is 12.2. The second kappa shape index (κ2) is 11.4. The summed E-state index contributed by atoms with van der Waals surface area (Å²) in [6, 6.07) is -0.388. The third kappa shape index (κ3) is 6.77. The zero-order valence-corrected chi connectivity index (χ0v) is 15.7. The monoisotopic (exact) mass is 340 g/mol. The first-order chi connectivity index (χ1) is 11.5. The molecule has 140 valence electrons. The van der Waals surface area contributed by atoms with Gasteiger partial charge in [-0.2, -0.15) is 0 Å². The van der Waals surface area contributed by atoms with Crippen LogP contribution in [-0.2, 0) is 9.59 Å². The van der Waals surface area contributed by atoms with Crippen LogP contribution in [0.2, 0.25) is 0 Å². The van der Waals surface area contributed by atoms with Crippen LogP contribution in [0.25, 0.3) is 0 Å². The summed E-state index contributed by atoms with van der Waals surface area (Å²) in [7, 11) is 0. The average molecular weight is 341 g/mol. The van der Waals surface area contributed by atoms with Crippen molar-refractivity contribution in [1.82, 2.24) is 15.1 Å². The lowest BCUT2D eigenvalue weighted by atomic mass is 9.95. The van der Waals surface area contributed by atoms with Gasteiger partial charge in [0.2, 0.25) is 11.8 Å². The third-order valence-electron chi connectivity index (χ3n) is 4.94. The Bertz CT molecular complexity index is 377. The molecule has 6 nitrogen and oxygen atoms in total. The van der Waals surface area contributed by atoms with Crippen molar-refractivity contribution in [2.75, 3.05) is 39.3 Å². The van der Waals surface area contributed by atoms with Crippen molar-refractivity contribution in [2.45, 2.75) is 58.9 Å². The fourth-order valence-electron chi connectivity index (χ4n) is 3.23. The Kier molecular flexibility index (Phi) is 9.95. The van der Waals surface area contributed by atoms with Gasteiger partial charge in [-0.05, 0) is 45.3 Å². The van der Waals surface area contributed by atoms with Gasteiger partial charge in [-0.25, -0.2) is 0 Å². The summed E-state index contributed by atoms with van der Waals surface area (Å²) < 4.78 is 0. The largest absolute Gasteiger partial charge is 0.356 e. The highest BCUT2D eigenvalue weighted by Crippen LogP contribution is 2.18. The number of nitrogens with two attached hydrogens (primary N) is 1. The van der Waals surface area contributed by atoms with Crippen LogP contribution in [0.3, 0.4) is 0 Å². The summed E-state index contributed by atoms with van der Waals surface area (Å²) in [5.41, 5.74) is 5.91. The smallest absolute Gasteiger partial charge is 0.239 e. The van der Waals surface area contributed by atoms with E-state index in [1.807, 2.05) is 11.8 Å². The molecule has 1 atom stereocenters. The number of nitrogens with one attached hydrogen (secondary N) is 1. The van der Waals surface area contributed by atoms with Gasteiger partial charge < -0.3 is 20.9 Å². The molecule has 0 aromatic carbocycles. The molecule has 1 rings (SSSR count). The maximum Gasteiger partial charge on any atom is 0.239 e. The predicted molar refractivity (Wildman–Crippen MR) is 97.6 cm³/mol. The number of likely N-dealkylation sites (tertiary alicyclic amines) is 1. The quantitative estimate of drug-likeness (QED) is 0.586. The van der Waals surface area contributed by atoms with E-state index in [0.29, 0.717) is 13.1 Å². The van der Waals surface area contributed by atoms with Crippen molar-refractivity contribution >= 4 is 11.8 Å². The first-order valence-corrected chi connectivity index (χ1v) is 9.57. The van der Waals surface area contributed by atoms with E-state index in [9.17, 15) is 9.59 Å². The minimum Gasteiger partial charge on any atom is -0.356 e. The van der Waals surface area contributed by atoms with Gasteiger partial charge in [-0.15, -0.1) is 0 Å². The van der Waals surface area contributed by atoms with Gasteiger partial charge in [-0.3, -0.25) is 9.59 Å². The van der Waals surface area contributed by atoms with E-state index in [-0.39, 0.29) is 23.8 Å². The van der Waals surface area contributed by atoms with Crippen LogP contribution in [0.15, 0.2) is 0 Å². The maximum absolute atomic E-state index is 12.2. The van der Waals surface area contributed by atoms with Gasteiger partial charge in [0.15, 0.2) is 0 Å². The standard InChI is InChI=1S/C18H36N4O2/c1-4-8-16(19)18(24)22-13-9-15(10-14-22)17(23)20-11-7-12-21(5-2)6-3/h15-16H,4-14,19H2,1-3H3,(H,20,23). The third-order valence-corrected chi connectivity index (χ3v) is 4.94. The molecular formula is C18H36N4O2. The number of nitrogens with zero attached hydrogens (tertiary/aromatic N) is 2. The lowest BCUT2D eigenvalue weighted by Gasteiger charge is -2.33. The van der Waals surface area contributed by atoms with Crippen LogP contribution < -0.4 is 11.1 Å². The lowest BCUT2D eigenvalue weighted by Crippen LogP contribution is -2.49. The number of piperidine rings is 1. The average Bonchev–Trinajstić information content (AvgIpc) is 2.61. The Morgan fingerprint density at radius 2 is 1.83 bits per heavy atom. The van der Waals surface area contributed by atoms with Crippen molar-refractivity contribution in [2.24, 2.45) is 11.7 Å². The summed E-state index contributed by atoms with van der Waals surface area (Å²) in [5, 5.41) is 3.05. The van der Waals surface area contributed by atoms with Crippen molar-refractivity contribution in [3.05, 3.63) is 0 Å². The van der Waals surface area contributed by atoms with Crippen LogP contribution in [0.5, 0.6) is 0 Å². The van der Waals surface area contributed by atoms with Crippen LogP contribution in [0.4, 0.5) is 0 Å². The van der Waals surface area contributed by atoms with Gasteiger partial charge >= 0.3 is 0 Å². The van der Waals surface area contributed by atoms with E-state index in [2.05, 4.69) is 24.1 Å². The molecule has 24 heavy (non-hydrogen) atoms. The van der Waals surface area contributed by atoms with E-state index in [1.54, 1.807) is 0 Å². The Balaban J connectivity index is 2.24. The number of carbonyl (C=O) groups excluding carboxylic acids is 2. The molecule has 6 heteroatoms. The summed E-state index contributed by atoms with van der Waals surface area (Å²) >= 11 is 0. The Labute approximate surface area is 147 Å². The molecule has 0 saturated carbocycles. The Hall–Kier alpha value is -1.14. The molecule has 1 heterocycles. The number of hydrogen-bond donors (Lipinski definition) is 2. The van der Waals surface area contributed by atoms with Gasteiger partial charge in [-0.1, -0.05) is 27.2 Å². The van der Waals surface area contributed by atoms with Crippen molar-refractivity contribution in [3.8, 4) is 0 Å². The number of amides is 2. The summed E-state index contributed by atoms with van der Waals surface area (Å²) in [5.74, 6) is 0.208. The molecule has 0 aliphatic carbocycles. The van der Waals surface area contributed by atoms with Crippen molar-refractivity contribution in [1.29, 1.82) is 0 Å². The highest BCUT2D eigenvalue weighted by atomic mass is 16.2. The summed E-state index contributed by atoms with van der Waals surface area (Å²) in [6.45, 7) is 11.5. The van der Waals surface area contributed by atoms with Crippen LogP contribution in [0, 0.1) is 5.92 Å². The zero-order chi connectivity index (χ0) is 17.9. The van der Waals surface area contributed by atoms with Crippen molar-refractivity contribution in [3.63, 3.8) is 0 Å². The molecule has 0 aromatic rings. The molecular weight excluding hydrogens is 304 g/mol. The first kappa shape index (κ1) is 20.9. The molecule has 0 radical (unpaired) electrons. The Morgan fingerprint density at radius 3 is 2.38 bits per heavy atom. The molecule has 0 spiro atoms. The Morgan fingerprint density at radius 1 is 1.21 bits per heavy atom. The van der Waals surface area contributed by atoms with Gasteiger partial charge in [0, 0.05) is 25.6 Å². The highest BCUT2D eigenvalue weighted by molar-refractivity contribution is 5.82. The minimum atomic E-state index is -0.388. The van der Waals surface area contributed by atoms with Crippen LogP contribution in [0.1, 0.15) is 52.9 Å². The molecule has 3 N–H and O–H groups in total. The first-order valence-electron chi connectivity index (χ1n) is 9.57. The summed E-state index contributed by atoms with van der Waals surface area (Å²) in [6.07, 6.45) is 4.11. The number of hydrogen-bond acceptors (Lipinski definition) is 4. The molecule has 1 fully saturated rings. The van der Waals surface area contributed by atoms with Gasteiger partial charge in [0.1, 0.15) is 0 Å². The van der Waals surface area contributed by atoms with Crippen LogP contribution in [-0.4, -0.2) is 66.9 Å². The predicted octanol–water partition coefficient (Wildman–Crippen LogP) is 1.20. The highest BCUT2D eigenvalue weighted by Gasteiger charge is 2.29. The van der Waals surface area contributed by atoms with Crippen LogP contribution >= 0.6 is 0 Å². The van der Waals surface area contributed by atoms with E-state index < -0.39 is 0 Å². The van der Waals surface area contributed by atoms with E-state index in [0.717, 1.165) is 58.3 Å². The fraction of sp³-hybridized carbons (Fsp3) is 0.889. The summed E-state index contributed by atoms with van der Waals surface area (Å²) in [4.78, 5) is 28.6. The lowest BCUT2D eigenvalue weighted by molar-refractivity contribution is -0.136. The van der Waals surface area contributed by atoms with Crippen molar-refractivity contribution < 1.29 is 9.59 Å². The fourth-order valence-corrected chi connectivity index (χ4v) is 3.23. The molecule has 0 aromatic heterocycles. The number of carbonyl (C=O) groups is 2. The molecule has 2 amide bonds. The van der Waals surface area contributed by atoms with Gasteiger partial charge in [0.25, 0.3) is 0 Å². The van der Waals surface area contributed by atoms with E-state index in [4.69, 9.17) is 5.73 Å². The SMILES string of the molecule is CCCC(N)C(=O)N1CCC(C(=O)NCCCN(CC)CC)CC1.